The van der Waals surface area contributed by atoms with E-state index in [4.69, 9.17) is 4.74 Å². The Morgan fingerprint density at radius 3 is 2.73 bits per heavy atom. The normalized spacial score (nSPS) is 15.4. The Hall–Kier alpha value is -0.770. The van der Waals surface area contributed by atoms with Gasteiger partial charge in [-0.05, 0) is 31.2 Å². The fourth-order valence-electron chi connectivity index (χ4n) is 1.17. The van der Waals surface area contributed by atoms with Crippen molar-refractivity contribution in [3.63, 3.8) is 0 Å². The van der Waals surface area contributed by atoms with Crippen molar-refractivity contribution in [2.24, 2.45) is 11.8 Å². The van der Waals surface area contributed by atoms with Crippen molar-refractivity contribution in [1.82, 2.24) is 10.6 Å². The Balaban J connectivity index is 1.82. The lowest BCUT2D eigenvalue weighted by Gasteiger charge is -2.09. The van der Waals surface area contributed by atoms with Crippen LogP contribution in [0.5, 0.6) is 0 Å². The Morgan fingerprint density at radius 2 is 2.13 bits per heavy atom. The molecule has 0 unspecified atom stereocenters. The molecule has 1 amide bonds. The van der Waals surface area contributed by atoms with Crippen LogP contribution in [0.2, 0.25) is 0 Å². The van der Waals surface area contributed by atoms with Crippen LogP contribution in [0.15, 0.2) is 0 Å². The summed E-state index contributed by atoms with van der Waals surface area (Å²) < 4.78 is 4.97. The molecule has 1 fully saturated rings. The van der Waals surface area contributed by atoms with Crippen molar-refractivity contribution >= 4 is 6.09 Å². The van der Waals surface area contributed by atoms with Crippen molar-refractivity contribution in [1.29, 1.82) is 0 Å². The van der Waals surface area contributed by atoms with Crippen molar-refractivity contribution in [2.75, 3.05) is 26.2 Å². The number of amides is 1. The topological polar surface area (TPSA) is 50.4 Å². The van der Waals surface area contributed by atoms with Crippen LogP contribution in [0.25, 0.3) is 0 Å². The summed E-state index contributed by atoms with van der Waals surface area (Å²) in [5.41, 5.74) is 0. The number of rotatable bonds is 7. The monoisotopic (exact) mass is 214 g/mol. The third-order valence-electron chi connectivity index (χ3n) is 2.25. The molecule has 1 aliphatic rings. The van der Waals surface area contributed by atoms with E-state index in [1.807, 2.05) is 13.8 Å². The molecule has 1 saturated carbocycles. The van der Waals surface area contributed by atoms with E-state index in [0.717, 1.165) is 19.0 Å². The summed E-state index contributed by atoms with van der Waals surface area (Å²) in [6.07, 6.45) is 2.41. The maximum atomic E-state index is 11.1. The number of hydrogen-bond donors (Lipinski definition) is 2. The van der Waals surface area contributed by atoms with Crippen LogP contribution < -0.4 is 10.6 Å². The molecule has 1 rings (SSSR count). The zero-order valence-electron chi connectivity index (χ0n) is 9.71. The summed E-state index contributed by atoms with van der Waals surface area (Å²) in [5.74, 6) is 1.28. The van der Waals surface area contributed by atoms with Gasteiger partial charge in [-0.15, -0.1) is 0 Å². The van der Waals surface area contributed by atoms with Crippen LogP contribution in [-0.2, 0) is 4.74 Å². The van der Waals surface area contributed by atoms with Gasteiger partial charge in [0.15, 0.2) is 0 Å². The third-order valence-corrected chi connectivity index (χ3v) is 2.25. The molecule has 4 nitrogen and oxygen atoms in total. The molecule has 0 saturated heterocycles. The Labute approximate surface area is 91.8 Å². The number of alkyl carbamates (subject to hydrolysis) is 1. The van der Waals surface area contributed by atoms with E-state index in [2.05, 4.69) is 10.6 Å². The van der Waals surface area contributed by atoms with Gasteiger partial charge < -0.3 is 15.4 Å². The molecule has 2 N–H and O–H groups in total. The minimum absolute atomic E-state index is 0.308. The standard InChI is InChI=1S/C11H22N2O2/c1-9(2)8-15-11(14)13-6-5-12-7-10-3-4-10/h9-10,12H,3-8H2,1-2H3,(H,13,14). The molecule has 0 bridgehead atoms. The summed E-state index contributed by atoms with van der Waals surface area (Å²) >= 11 is 0. The third kappa shape index (κ3) is 7.19. The first-order chi connectivity index (χ1) is 7.18. The lowest BCUT2D eigenvalue weighted by atomic mass is 10.2. The molecule has 1 aliphatic carbocycles. The summed E-state index contributed by atoms with van der Waals surface area (Å²) in [6.45, 7) is 7.08. The van der Waals surface area contributed by atoms with Gasteiger partial charge >= 0.3 is 6.09 Å². The second-order valence-corrected chi connectivity index (χ2v) is 4.57. The van der Waals surface area contributed by atoms with E-state index in [9.17, 15) is 4.79 Å². The van der Waals surface area contributed by atoms with Crippen LogP contribution in [0.1, 0.15) is 26.7 Å². The summed E-state index contributed by atoms with van der Waals surface area (Å²) in [4.78, 5) is 11.1. The fraction of sp³-hybridized carbons (Fsp3) is 0.909. The first-order valence-electron chi connectivity index (χ1n) is 5.80. The zero-order valence-corrected chi connectivity index (χ0v) is 9.71. The molecule has 0 aromatic rings. The number of carbonyl (C=O) groups is 1. The van der Waals surface area contributed by atoms with Gasteiger partial charge in [-0.25, -0.2) is 4.79 Å². The summed E-state index contributed by atoms with van der Waals surface area (Å²) in [6, 6.07) is 0. The van der Waals surface area contributed by atoms with Crippen molar-refractivity contribution in [3.8, 4) is 0 Å². The minimum Gasteiger partial charge on any atom is -0.449 e. The zero-order chi connectivity index (χ0) is 11.1. The molecule has 0 aliphatic heterocycles. The molecule has 15 heavy (non-hydrogen) atoms. The lowest BCUT2D eigenvalue weighted by molar-refractivity contribution is 0.133. The van der Waals surface area contributed by atoms with Gasteiger partial charge in [0.1, 0.15) is 0 Å². The van der Waals surface area contributed by atoms with Crippen molar-refractivity contribution in [2.45, 2.75) is 26.7 Å². The van der Waals surface area contributed by atoms with Gasteiger partial charge in [0.05, 0.1) is 6.61 Å². The number of hydrogen-bond acceptors (Lipinski definition) is 3. The molecular formula is C11H22N2O2. The van der Waals surface area contributed by atoms with Crippen LogP contribution in [-0.4, -0.2) is 32.3 Å². The van der Waals surface area contributed by atoms with E-state index < -0.39 is 0 Å². The predicted octanol–water partition coefficient (Wildman–Crippen LogP) is 1.37. The molecular weight excluding hydrogens is 192 g/mol. The van der Waals surface area contributed by atoms with Crippen LogP contribution in [0, 0.1) is 11.8 Å². The average Bonchev–Trinajstić information content (AvgIpc) is 2.98. The highest BCUT2D eigenvalue weighted by Crippen LogP contribution is 2.27. The van der Waals surface area contributed by atoms with Gasteiger partial charge in [0, 0.05) is 13.1 Å². The maximum Gasteiger partial charge on any atom is 0.407 e. The number of carbonyl (C=O) groups excluding carboxylic acids is 1. The highest BCUT2D eigenvalue weighted by molar-refractivity contribution is 5.67. The molecule has 0 aromatic carbocycles. The largest absolute Gasteiger partial charge is 0.449 e. The molecule has 4 heteroatoms. The second-order valence-electron chi connectivity index (χ2n) is 4.57. The predicted molar refractivity (Wildman–Crippen MR) is 59.8 cm³/mol. The number of ether oxygens (including phenoxy) is 1. The van der Waals surface area contributed by atoms with E-state index in [-0.39, 0.29) is 6.09 Å². The second kappa shape index (κ2) is 6.67. The summed E-state index contributed by atoms with van der Waals surface area (Å²) in [7, 11) is 0. The molecule has 0 radical (unpaired) electrons. The minimum atomic E-state index is -0.308. The first kappa shape index (κ1) is 12.3. The molecule has 0 atom stereocenters. The highest BCUT2D eigenvalue weighted by Gasteiger charge is 2.19. The maximum absolute atomic E-state index is 11.1. The van der Waals surface area contributed by atoms with Crippen molar-refractivity contribution in [3.05, 3.63) is 0 Å². The molecule has 0 aromatic heterocycles. The first-order valence-corrected chi connectivity index (χ1v) is 5.80. The highest BCUT2D eigenvalue weighted by atomic mass is 16.5. The van der Waals surface area contributed by atoms with Gasteiger partial charge in [-0.3, -0.25) is 0 Å². The van der Waals surface area contributed by atoms with E-state index in [1.54, 1.807) is 0 Å². The fourth-order valence-corrected chi connectivity index (χ4v) is 1.17. The van der Waals surface area contributed by atoms with Gasteiger partial charge in [0.2, 0.25) is 0 Å². The van der Waals surface area contributed by atoms with Crippen LogP contribution in [0.4, 0.5) is 4.79 Å². The van der Waals surface area contributed by atoms with Gasteiger partial charge in [0.25, 0.3) is 0 Å². The smallest absolute Gasteiger partial charge is 0.407 e. The molecule has 0 heterocycles. The summed E-state index contributed by atoms with van der Waals surface area (Å²) in [5, 5.41) is 6.01. The molecule has 0 spiro atoms. The number of nitrogens with one attached hydrogen (secondary N) is 2. The Bertz CT molecular complexity index is 191. The SMILES string of the molecule is CC(C)COC(=O)NCCNCC1CC1. The van der Waals surface area contributed by atoms with Gasteiger partial charge in [-0.1, -0.05) is 13.8 Å². The Kier molecular flexibility index (Phi) is 5.47. The van der Waals surface area contributed by atoms with Gasteiger partial charge in [-0.2, -0.15) is 0 Å². The van der Waals surface area contributed by atoms with Crippen molar-refractivity contribution < 1.29 is 9.53 Å². The average molecular weight is 214 g/mol. The van der Waals surface area contributed by atoms with E-state index in [0.29, 0.717) is 19.1 Å². The van der Waals surface area contributed by atoms with Crippen LogP contribution in [0.3, 0.4) is 0 Å². The lowest BCUT2D eigenvalue weighted by Crippen LogP contribution is -2.33. The van der Waals surface area contributed by atoms with E-state index >= 15 is 0 Å². The van der Waals surface area contributed by atoms with E-state index in [1.165, 1.54) is 12.8 Å². The van der Waals surface area contributed by atoms with Crippen LogP contribution >= 0.6 is 0 Å². The quantitative estimate of drug-likeness (QED) is 0.629. The molecule has 88 valence electrons. The Morgan fingerprint density at radius 1 is 1.40 bits per heavy atom.